The predicted molar refractivity (Wildman–Crippen MR) is 51.4 cm³/mol. The van der Waals surface area contributed by atoms with Crippen LogP contribution in [0.2, 0.25) is 0 Å². The second-order valence-corrected chi connectivity index (χ2v) is 3.42. The molecular weight excluding hydrogens is 166 g/mol. The van der Waals surface area contributed by atoms with Crippen LogP contribution in [0.3, 0.4) is 0 Å². The number of piperidine rings is 1. The van der Waals surface area contributed by atoms with Gasteiger partial charge in [-0.1, -0.05) is 6.92 Å². The van der Waals surface area contributed by atoms with Gasteiger partial charge in [0.05, 0.1) is 0 Å². The van der Waals surface area contributed by atoms with Crippen molar-refractivity contribution in [1.82, 2.24) is 4.90 Å². The molecule has 1 rings (SSSR count). The Hall–Kier alpha value is 0.600. The molecule has 1 fully saturated rings. The molecule has 0 aromatic carbocycles. The molecule has 0 aliphatic carbocycles. The van der Waals surface area contributed by atoms with E-state index in [2.05, 4.69) is 24.5 Å². The first-order chi connectivity index (χ1) is 4.33. The lowest BCUT2D eigenvalue weighted by Gasteiger charge is -2.28. The zero-order chi connectivity index (χ0) is 6.69. The van der Waals surface area contributed by atoms with Gasteiger partial charge in [0.15, 0.2) is 0 Å². The molecule has 1 heterocycles. The quantitative estimate of drug-likeness (QED) is 0.605. The lowest BCUT2D eigenvalue weighted by atomic mass is 10.1. The van der Waals surface area contributed by atoms with Gasteiger partial charge in [-0.25, -0.2) is 0 Å². The Morgan fingerprint density at radius 3 is 2.70 bits per heavy atom. The van der Waals surface area contributed by atoms with E-state index in [9.17, 15) is 0 Å². The SMILES string of the molecule is CCN1CCCC(S)C1.Cl. The molecule has 0 spiro atoms. The van der Waals surface area contributed by atoms with Crippen molar-refractivity contribution in [2.75, 3.05) is 19.6 Å². The highest BCUT2D eigenvalue weighted by molar-refractivity contribution is 7.81. The number of hydrogen-bond acceptors (Lipinski definition) is 2. The van der Waals surface area contributed by atoms with Gasteiger partial charge >= 0.3 is 0 Å². The van der Waals surface area contributed by atoms with Crippen LogP contribution in [0, 0.1) is 0 Å². The number of thiol groups is 1. The third-order valence-electron chi connectivity index (χ3n) is 1.93. The molecule has 0 aromatic heterocycles. The number of hydrogen-bond donors (Lipinski definition) is 1. The molecule has 1 aliphatic heterocycles. The minimum absolute atomic E-state index is 0. The van der Waals surface area contributed by atoms with E-state index in [1.165, 1.54) is 32.5 Å². The van der Waals surface area contributed by atoms with E-state index in [1.54, 1.807) is 0 Å². The zero-order valence-corrected chi connectivity index (χ0v) is 8.13. The smallest absolute Gasteiger partial charge is 0.0145 e. The van der Waals surface area contributed by atoms with Gasteiger partial charge in [0.25, 0.3) is 0 Å². The van der Waals surface area contributed by atoms with E-state index in [4.69, 9.17) is 0 Å². The summed E-state index contributed by atoms with van der Waals surface area (Å²) in [5, 5.41) is 0.638. The molecule has 1 unspecified atom stereocenters. The summed E-state index contributed by atoms with van der Waals surface area (Å²) in [5.74, 6) is 0. The molecule has 1 atom stereocenters. The van der Waals surface area contributed by atoms with Crippen molar-refractivity contribution in [3.05, 3.63) is 0 Å². The van der Waals surface area contributed by atoms with Crippen LogP contribution in [0.4, 0.5) is 0 Å². The molecule has 0 bridgehead atoms. The molecule has 62 valence electrons. The van der Waals surface area contributed by atoms with Crippen molar-refractivity contribution < 1.29 is 0 Å². The Labute approximate surface area is 75.0 Å². The fourth-order valence-corrected chi connectivity index (χ4v) is 1.73. The number of rotatable bonds is 1. The Bertz CT molecular complexity index is 89.7. The monoisotopic (exact) mass is 181 g/mol. The number of likely N-dealkylation sites (tertiary alicyclic amines) is 1. The summed E-state index contributed by atoms with van der Waals surface area (Å²) in [6.07, 6.45) is 2.64. The van der Waals surface area contributed by atoms with Crippen LogP contribution in [0.5, 0.6) is 0 Å². The van der Waals surface area contributed by atoms with Gasteiger partial charge < -0.3 is 4.90 Å². The average molecular weight is 182 g/mol. The average Bonchev–Trinajstić information content (AvgIpc) is 1.88. The van der Waals surface area contributed by atoms with Crippen LogP contribution < -0.4 is 0 Å². The first kappa shape index (κ1) is 10.6. The minimum Gasteiger partial charge on any atom is -0.303 e. The normalized spacial score (nSPS) is 27.6. The summed E-state index contributed by atoms with van der Waals surface area (Å²) in [6.45, 7) is 5.88. The van der Waals surface area contributed by atoms with E-state index >= 15 is 0 Å². The molecule has 0 radical (unpaired) electrons. The summed E-state index contributed by atoms with van der Waals surface area (Å²) < 4.78 is 0. The standard InChI is InChI=1S/C7H15NS.ClH/c1-2-8-5-3-4-7(9)6-8;/h7,9H,2-6H2,1H3;1H. The largest absolute Gasteiger partial charge is 0.303 e. The second-order valence-electron chi connectivity index (χ2n) is 2.69. The van der Waals surface area contributed by atoms with Gasteiger partial charge in [-0.2, -0.15) is 12.6 Å². The predicted octanol–water partition coefficient (Wildman–Crippen LogP) is 1.82. The van der Waals surface area contributed by atoms with E-state index in [0.717, 1.165) is 0 Å². The van der Waals surface area contributed by atoms with Crippen LogP contribution in [0.1, 0.15) is 19.8 Å². The van der Waals surface area contributed by atoms with E-state index in [-0.39, 0.29) is 12.4 Å². The fraction of sp³-hybridized carbons (Fsp3) is 1.00. The van der Waals surface area contributed by atoms with Crippen molar-refractivity contribution in [1.29, 1.82) is 0 Å². The van der Waals surface area contributed by atoms with Crippen molar-refractivity contribution >= 4 is 25.0 Å². The molecule has 0 aromatic rings. The lowest BCUT2D eigenvalue weighted by Crippen LogP contribution is -2.35. The summed E-state index contributed by atoms with van der Waals surface area (Å²) in [4.78, 5) is 2.46. The first-order valence-corrected chi connectivity index (χ1v) is 4.25. The van der Waals surface area contributed by atoms with Crippen LogP contribution in [0.15, 0.2) is 0 Å². The summed E-state index contributed by atoms with van der Waals surface area (Å²) >= 11 is 4.43. The molecule has 1 aliphatic rings. The molecule has 0 N–H and O–H groups in total. The highest BCUT2D eigenvalue weighted by atomic mass is 35.5. The van der Waals surface area contributed by atoms with Crippen molar-refractivity contribution in [2.45, 2.75) is 25.0 Å². The third-order valence-corrected chi connectivity index (χ3v) is 2.35. The maximum atomic E-state index is 4.43. The molecule has 1 nitrogen and oxygen atoms in total. The van der Waals surface area contributed by atoms with Gasteiger partial charge in [0, 0.05) is 11.8 Å². The van der Waals surface area contributed by atoms with Crippen molar-refractivity contribution in [3.8, 4) is 0 Å². The molecule has 0 saturated carbocycles. The third kappa shape index (κ3) is 3.13. The van der Waals surface area contributed by atoms with Gasteiger partial charge in [-0.05, 0) is 25.9 Å². The highest BCUT2D eigenvalue weighted by Gasteiger charge is 2.14. The van der Waals surface area contributed by atoms with E-state index in [1.807, 2.05) is 0 Å². The maximum absolute atomic E-state index is 4.43. The maximum Gasteiger partial charge on any atom is 0.0145 e. The van der Waals surface area contributed by atoms with Crippen molar-refractivity contribution in [2.24, 2.45) is 0 Å². The Morgan fingerprint density at radius 2 is 2.30 bits per heavy atom. The topological polar surface area (TPSA) is 3.24 Å². The Kier molecular flexibility index (Phi) is 5.59. The molecule has 10 heavy (non-hydrogen) atoms. The lowest BCUT2D eigenvalue weighted by molar-refractivity contribution is 0.246. The molecule has 0 amide bonds. The van der Waals surface area contributed by atoms with Crippen LogP contribution in [-0.2, 0) is 0 Å². The number of nitrogens with zero attached hydrogens (tertiary/aromatic N) is 1. The molecule has 1 saturated heterocycles. The van der Waals surface area contributed by atoms with E-state index in [0.29, 0.717) is 5.25 Å². The zero-order valence-electron chi connectivity index (χ0n) is 6.42. The molecule has 3 heteroatoms. The Balaban J connectivity index is 0.000000810. The summed E-state index contributed by atoms with van der Waals surface area (Å²) in [6, 6.07) is 0. The fourth-order valence-electron chi connectivity index (χ4n) is 1.32. The molecular formula is C7H16ClNS. The van der Waals surface area contributed by atoms with Gasteiger partial charge in [-0.15, -0.1) is 12.4 Å². The minimum atomic E-state index is 0. The van der Waals surface area contributed by atoms with E-state index < -0.39 is 0 Å². The van der Waals surface area contributed by atoms with Crippen molar-refractivity contribution in [3.63, 3.8) is 0 Å². The van der Waals surface area contributed by atoms with Crippen LogP contribution in [0.25, 0.3) is 0 Å². The van der Waals surface area contributed by atoms with Gasteiger partial charge in [-0.3, -0.25) is 0 Å². The second kappa shape index (κ2) is 5.28. The summed E-state index contributed by atoms with van der Waals surface area (Å²) in [7, 11) is 0. The summed E-state index contributed by atoms with van der Waals surface area (Å²) in [5.41, 5.74) is 0. The van der Waals surface area contributed by atoms with Crippen LogP contribution in [-0.4, -0.2) is 29.8 Å². The van der Waals surface area contributed by atoms with Gasteiger partial charge in [0.1, 0.15) is 0 Å². The van der Waals surface area contributed by atoms with Crippen LogP contribution >= 0.6 is 25.0 Å². The number of halogens is 1. The van der Waals surface area contributed by atoms with Gasteiger partial charge in [0.2, 0.25) is 0 Å². The Morgan fingerprint density at radius 1 is 1.60 bits per heavy atom. The first-order valence-electron chi connectivity index (χ1n) is 3.73. The highest BCUT2D eigenvalue weighted by Crippen LogP contribution is 2.13.